The van der Waals surface area contributed by atoms with Gasteiger partial charge < -0.3 is 5.11 Å². The van der Waals surface area contributed by atoms with Crippen LogP contribution < -0.4 is 0 Å². The lowest BCUT2D eigenvalue weighted by Crippen LogP contribution is -2.51. The third-order valence-corrected chi connectivity index (χ3v) is 5.59. The van der Waals surface area contributed by atoms with Crippen LogP contribution in [0.15, 0.2) is 0 Å². The van der Waals surface area contributed by atoms with E-state index >= 15 is 0 Å². The summed E-state index contributed by atoms with van der Waals surface area (Å²) < 4.78 is 0. The quantitative estimate of drug-likeness (QED) is 0.714. The predicted molar refractivity (Wildman–Crippen MR) is 68.3 cm³/mol. The van der Waals surface area contributed by atoms with Crippen LogP contribution in [0.4, 0.5) is 0 Å². The molecule has 4 atom stereocenters. The summed E-state index contributed by atoms with van der Waals surface area (Å²) in [5, 5.41) is 10.6. The van der Waals surface area contributed by atoms with E-state index in [-0.39, 0.29) is 0 Å². The van der Waals surface area contributed by atoms with Gasteiger partial charge in [0.05, 0.1) is 5.60 Å². The van der Waals surface area contributed by atoms with Crippen LogP contribution in [-0.2, 0) is 0 Å². The predicted octanol–water partition coefficient (Wildman–Crippen LogP) is 4.00. The first kappa shape index (κ1) is 12.4. The lowest BCUT2D eigenvalue weighted by Gasteiger charge is -2.54. The number of fused-ring (bicyclic) bond motifs is 1. The molecular weight excluding hydrogens is 196 g/mol. The first-order chi connectivity index (χ1) is 7.35. The van der Waals surface area contributed by atoms with Gasteiger partial charge in [-0.3, -0.25) is 0 Å². The molecule has 0 aromatic heterocycles. The van der Waals surface area contributed by atoms with Gasteiger partial charge in [-0.25, -0.2) is 0 Å². The first-order valence-electron chi connectivity index (χ1n) is 7.07. The second kappa shape index (κ2) is 4.01. The van der Waals surface area contributed by atoms with E-state index in [0.717, 1.165) is 18.3 Å². The zero-order chi connectivity index (χ0) is 12.0. The minimum atomic E-state index is -0.402. The highest BCUT2D eigenvalue weighted by atomic mass is 16.3. The van der Waals surface area contributed by atoms with Gasteiger partial charge in [-0.2, -0.15) is 0 Å². The van der Waals surface area contributed by atoms with Crippen LogP contribution in [0.1, 0.15) is 66.2 Å². The van der Waals surface area contributed by atoms with E-state index in [2.05, 4.69) is 27.7 Å². The second-order valence-corrected chi connectivity index (χ2v) is 7.20. The fourth-order valence-corrected chi connectivity index (χ4v) is 4.33. The highest BCUT2D eigenvalue weighted by Gasteiger charge is 2.50. The summed E-state index contributed by atoms with van der Waals surface area (Å²) in [7, 11) is 0. The van der Waals surface area contributed by atoms with E-state index < -0.39 is 5.60 Å². The zero-order valence-corrected chi connectivity index (χ0v) is 11.4. The van der Waals surface area contributed by atoms with Crippen molar-refractivity contribution in [2.45, 2.75) is 71.8 Å². The molecule has 1 heteroatoms. The molecule has 2 aliphatic carbocycles. The smallest absolute Gasteiger partial charge is 0.0653 e. The maximum absolute atomic E-state index is 10.6. The third kappa shape index (κ3) is 2.03. The average Bonchev–Trinajstić information content (AvgIpc) is 2.15. The molecule has 2 unspecified atom stereocenters. The van der Waals surface area contributed by atoms with Crippen molar-refractivity contribution < 1.29 is 5.11 Å². The van der Waals surface area contributed by atoms with Crippen molar-refractivity contribution in [1.29, 1.82) is 0 Å². The average molecular weight is 224 g/mol. The Morgan fingerprint density at radius 1 is 1.12 bits per heavy atom. The minimum Gasteiger partial charge on any atom is -0.390 e. The minimum absolute atomic E-state index is 0.402. The van der Waals surface area contributed by atoms with Gasteiger partial charge in [-0.1, -0.05) is 27.2 Å². The van der Waals surface area contributed by atoms with E-state index in [9.17, 15) is 5.11 Å². The zero-order valence-electron chi connectivity index (χ0n) is 11.4. The van der Waals surface area contributed by atoms with Crippen LogP contribution in [0.25, 0.3) is 0 Å². The number of hydrogen-bond donors (Lipinski definition) is 1. The molecule has 1 N–H and O–H groups in total. The molecule has 0 radical (unpaired) electrons. The first-order valence-corrected chi connectivity index (χ1v) is 7.07. The summed E-state index contributed by atoms with van der Waals surface area (Å²) in [4.78, 5) is 0. The molecule has 0 spiro atoms. The normalized spacial score (nSPS) is 49.1. The highest BCUT2D eigenvalue weighted by Crippen LogP contribution is 2.56. The van der Waals surface area contributed by atoms with Crippen molar-refractivity contribution in [3.05, 3.63) is 0 Å². The Balaban J connectivity index is 2.18. The van der Waals surface area contributed by atoms with E-state index in [4.69, 9.17) is 0 Å². The third-order valence-electron chi connectivity index (χ3n) is 5.59. The van der Waals surface area contributed by atoms with Crippen molar-refractivity contribution in [1.82, 2.24) is 0 Å². The van der Waals surface area contributed by atoms with Crippen LogP contribution in [0.3, 0.4) is 0 Å². The van der Waals surface area contributed by atoms with Crippen LogP contribution in [0.2, 0.25) is 0 Å². The van der Waals surface area contributed by atoms with Gasteiger partial charge in [0, 0.05) is 0 Å². The van der Waals surface area contributed by atoms with Gasteiger partial charge in [0.1, 0.15) is 0 Å². The summed E-state index contributed by atoms with van der Waals surface area (Å²) in [6.45, 7) is 9.18. The molecule has 2 rings (SSSR count). The molecule has 2 fully saturated rings. The van der Waals surface area contributed by atoms with Gasteiger partial charge in [0.25, 0.3) is 0 Å². The van der Waals surface area contributed by atoms with Gasteiger partial charge in [-0.05, 0) is 62.2 Å². The lowest BCUT2D eigenvalue weighted by molar-refractivity contribution is -0.126. The second-order valence-electron chi connectivity index (χ2n) is 7.20. The van der Waals surface area contributed by atoms with E-state index in [1.807, 2.05) is 0 Å². The summed E-state index contributed by atoms with van der Waals surface area (Å²) >= 11 is 0. The molecular formula is C15H28O. The Hall–Kier alpha value is -0.0400. The molecule has 2 saturated carbocycles. The SMILES string of the molecule is CC(C)C1CC[C@@]2(C)CCC[C@@](C)(O)C2C1. The van der Waals surface area contributed by atoms with Crippen molar-refractivity contribution in [3.63, 3.8) is 0 Å². The monoisotopic (exact) mass is 224 g/mol. The fraction of sp³-hybridized carbons (Fsp3) is 1.00. The Morgan fingerprint density at radius 2 is 1.81 bits per heavy atom. The Labute approximate surface area is 101 Å². The van der Waals surface area contributed by atoms with Gasteiger partial charge in [0.2, 0.25) is 0 Å². The van der Waals surface area contributed by atoms with Crippen LogP contribution >= 0.6 is 0 Å². The van der Waals surface area contributed by atoms with Crippen molar-refractivity contribution in [2.75, 3.05) is 0 Å². The molecule has 0 aliphatic heterocycles. The van der Waals surface area contributed by atoms with Crippen LogP contribution in [0.5, 0.6) is 0 Å². The van der Waals surface area contributed by atoms with E-state index in [1.54, 1.807) is 0 Å². The maximum atomic E-state index is 10.6. The molecule has 0 heterocycles. The maximum Gasteiger partial charge on any atom is 0.0653 e. The number of aliphatic hydroxyl groups is 1. The summed E-state index contributed by atoms with van der Waals surface area (Å²) in [6, 6.07) is 0. The highest BCUT2D eigenvalue weighted by molar-refractivity contribution is 5.01. The fourth-order valence-electron chi connectivity index (χ4n) is 4.33. The van der Waals surface area contributed by atoms with Crippen LogP contribution in [0, 0.1) is 23.2 Å². The van der Waals surface area contributed by atoms with Gasteiger partial charge in [-0.15, -0.1) is 0 Å². The molecule has 0 bridgehead atoms. The van der Waals surface area contributed by atoms with Crippen molar-refractivity contribution in [2.24, 2.45) is 23.2 Å². The molecule has 94 valence electrons. The van der Waals surface area contributed by atoms with Gasteiger partial charge >= 0.3 is 0 Å². The topological polar surface area (TPSA) is 20.2 Å². The Morgan fingerprint density at radius 3 is 2.44 bits per heavy atom. The summed E-state index contributed by atoms with van der Waals surface area (Å²) in [5.74, 6) is 2.15. The Bertz CT molecular complexity index is 256. The molecule has 16 heavy (non-hydrogen) atoms. The van der Waals surface area contributed by atoms with E-state index in [1.165, 1.54) is 32.1 Å². The Kier molecular flexibility index (Phi) is 3.11. The molecule has 1 nitrogen and oxygen atoms in total. The van der Waals surface area contributed by atoms with Crippen molar-refractivity contribution in [3.8, 4) is 0 Å². The number of hydrogen-bond acceptors (Lipinski definition) is 1. The van der Waals surface area contributed by atoms with Gasteiger partial charge in [0.15, 0.2) is 0 Å². The molecule has 0 amide bonds. The van der Waals surface area contributed by atoms with E-state index in [0.29, 0.717) is 11.3 Å². The molecule has 2 aliphatic rings. The standard InChI is InChI=1S/C15H28O/c1-11(2)12-6-9-14(3)7-5-8-15(4,16)13(14)10-12/h11-13,16H,5-10H2,1-4H3/t12?,13?,14-,15-/m1/s1. The molecule has 0 aromatic carbocycles. The summed E-state index contributed by atoms with van der Waals surface area (Å²) in [5.41, 5.74) is 0.0215. The molecule has 0 saturated heterocycles. The molecule has 0 aromatic rings. The summed E-state index contributed by atoms with van der Waals surface area (Å²) in [6.07, 6.45) is 7.52. The largest absolute Gasteiger partial charge is 0.390 e. The van der Waals surface area contributed by atoms with Crippen LogP contribution in [-0.4, -0.2) is 10.7 Å². The number of rotatable bonds is 1. The lowest BCUT2D eigenvalue weighted by atomic mass is 9.53. The van der Waals surface area contributed by atoms with Crippen molar-refractivity contribution >= 4 is 0 Å².